The van der Waals surface area contributed by atoms with Crippen molar-refractivity contribution in [1.29, 1.82) is 0 Å². The predicted molar refractivity (Wildman–Crippen MR) is 86.2 cm³/mol. The minimum absolute atomic E-state index is 0.239. The first kappa shape index (κ1) is 14.5. The Morgan fingerprint density at radius 3 is 2.94 bits per heavy atom. The van der Waals surface area contributed by atoms with Crippen molar-refractivity contribution in [2.24, 2.45) is 5.73 Å². The zero-order valence-corrected chi connectivity index (χ0v) is 14.4. The van der Waals surface area contributed by atoms with Gasteiger partial charge >= 0.3 is 0 Å². The summed E-state index contributed by atoms with van der Waals surface area (Å²) in [4.78, 5) is 16.0. The quantitative estimate of drug-likeness (QED) is 0.653. The zero-order chi connectivity index (χ0) is 13.3. The van der Waals surface area contributed by atoms with Crippen molar-refractivity contribution in [3.63, 3.8) is 0 Å². The molecular formula is C11H16I2N4O. The van der Waals surface area contributed by atoms with E-state index in [4.69, 9.17) is 5.73 Å². The number of imidazole rings is 1. The minimum atomic E-state index is -0.543. The van der Waals surface area contributed by atoms with E-state index in [2.05, 4.69) is 60.0 Å². The molecule has 18 heavy (non-hydrogen) atoms. The monoisotopic (exact) mass is 474 g/mol. The third-order valence-electron chi connectivity index (χ3n) is 3.56. The summed E-state index contributed by atoms with van der Waals surface area (Å²) in [6.45, 7) is 2.76. The highest BCUT2D eigenvalue weighted by atomic mass is 127. The van der Waals surface area contributed by atoms with E-state index >= 15 is 0 Å². The number of carbonyl (C=O) groups excluding carboxylic acids is 1. The van der Waals surface area contributed by atoms with Crippen LogP contribution in [0, 0.1) is 7.40 Å². The molecule has 0 radical (unpaired) electrons. The van der Waals surface area contributed by atoms with Crippen LogP contribution < -0.4 is 11.1 Å². The van der Waals surface area contributed by atoms with Gasteiger partial charge in [-0.3, -0.25) is 4.79 Å². The van der Waals surface area contributed by atoms with E-state index in [-0.39, 0.29) is 5.91 Å². The highest BCUT2D eigenvalue weighted by Gasteiger charge is 2.44. The van der Waals surface area contributed by atoms with Crippen LogP contribution in [0.5, 0.6) is 0 Å². The summed E-state index contributed by atoms with van der Waals surface area (Å²) >= 11 is 4.52. The molecule has 1 aromatic rings. The van der Waals surface area contributed by atoms with E-state index < -0.39 is 5.54 Å². The second-order valence-electron chi connectivity index (χ2n) is 4.61. The summed E-state index contributed by atoms with van der Waals surface area (Å²) in [7, 11) is 0. The molecule has 5 nitrogen and oxygen atoms in total. The molecule has 1 aromatic heterocycles. The van der Waals surface area contributed by atoms with Crippen LogP contribution in [0.15, 0.2) is 6.33 Å². The van der Waals surface area contributed by atoms with Crippen molar-refractivity contribution < 1.29 is 4.79 Å². The Balaban J connectivity index is 2.21. The fraction of sp³-hybridized carbons (Fsp3) is 0.636. The molecule has 0 saturated heterocycles. The molecule has 2 unspecified atom stereocenters. The number of primary amides is 1. The number of rotatable bonds is 4. The van der Waals surface area contributed by atoms with E-state index in [0.29, 0.717) is 6.04 Å². The Labute approximate surface area is 134 Å². The van der Waals surface area contributed by atoms with Crippen molar-refractivity contribution >= 4 is 51.1 Å². The lowest BCUT2D eigenvalue weighted by molar-refractivity contribution is -0.124. The Hall–Kier alpha value is 0.100. The number of likely N-dealkylation sites (N-methyl/N-ethyl adjacent to an activating group) is 1. The van der Waals surface area contributed by atoms with Gasteiger partial charge in [-0.1, -0.05) is 6.92 Å². The number of nitrogens with one attached hydrogen (secondary N) is 1. The Morgan fingerprint density at radius 1 is 1.72 bits per heavy atom. The summed E-state index contributed by atoms with van der Waals surface area (Å²) in [5.74, 6) is -0.239. The molecule has 1 heterocycles. The lowest BCUT2D eigenvalue weighted by Crippen LogP contribution is -2.53. The normalized spacial score (nSPS) is 27.6. The molecule has 2 rings (SSSR count). The van der Waals surface area contributed by atoms with E-state index in [1.807, 2.05) is 13.3 Å². The maximum absolute atomic E-state index is 11.7. The lowest BCUT2D eigenvalue weighted by Gasteiger charge is -2.26. The molecule has 7 heteroatoms. The average molecular weight is 474 g/mol. The van der Waals surface area contributed by atoms with E-state index in [1.165, 1.54) is 0 Å². The van der Waals surface area contributed by atoms with Gasteiger partial charge in [0.2, 0.25) is 5.91 Å². The smallest absolute Gasteiger partial charge is 0.237 e. The van der Waals surface area contributed by atoms with Crippen LogP contribution in [0.1, 0.15) is 32.2 Å². The van der Waals surface area contributed by atoms with E-state index in [9.17, 15) is 4.79 Å². The van der Waals surface area contributed by atoms with Gasteiger partial charge in [-0.2, -0.15) is 0 Å². The van der Waals surface area contributed by atoms with E-state index in [0.717, 1.165) is 33.2 Å². The molecule has 1 aliphatic rings. The maximum atomic E-state index is 11.7. The van der Waals surface area contributed by atoms with Gasteiger partial charge in [0.1, 0.15) is 7.40 Å². The molecule has 0 bridgehead atoms. The van der Waals surface area contributed by atoms with Crippen LogP contribution in [0.2, 0.25) is 0 Å². The summed E-state index contributed by atoms with van der Waals surface area (Å²) < 4.78 is 4.30. The fourth-order valence-corrected chi connectivity index (χ4v) is 3.71. The number of carbonyl (C=O) groups is 1. The molecular weight excluding hydrogens is 458 g/mol. The van der Waals surface area contributed by atoms with Crippen LogP contribution in [0.4, 0.5) is 0 Å². The van der Waals surface area contributed by atoms with Gasteiger partial charge in [-0.05, 0) is 71.0 Å². The Bertz CT molecular complexity index is 462. The van der Waals surface area contributed by atoms with Crippen LogP contribution in [0.3, 0.4) is 0 Å². The number of hydrogen-bond acceptors (Lipinski definition) is 3. The van der Waals surface area contributed by atoms with Crippen molar-refractivity contribution in [1.82, 2.24) is 14.9 Å². The summed E-state index contributed by atoms with van der Waals surface area (Å²) in [6, 6.07) is 0.305. The van der Waals surface area contributed by atoms with Crippen LogP contribution in [0.25, 0.3) is 0 Å². The summed E-state index contributed by atoms with van der Waals surface area (Å²) in [5.41, 5.74) is 5.03. The number of nitrogens with two attached hydrogens (primary N) is 1. The van der Waals surface area contributed by atoms with Crippen molar-refractivity contribution in [3.05, 3.63) is 13.7 Å². The minimum Gasteiger partial charge on any atom is -0.368 e. The highest BCUT2D eigenvalue weighted by Crippen LogP contribution is 2.38. The first-order valence-corrected chi connectivity index (χ1v) is 8.08. The van der Waals surface area contributed by atoms with Crippen LogP contribution in [-0.2, 0) is 4.79 Å². The average Bonchev–Trinajstić information content (AvgIpc) is 2.87. The standard InChI is InChI=1S/C11H16I2N4O/c1-2-16-11(10(14)18)4-3-7(5-11)17-6-15-8(12)9(17)13/h6-7,16H,2-5H2,1H3,(H2,14,18). The lowest BCUT2D eigenvalue weighted by atomic mass is 9.96. The SMILES string of the molecule is CCNC1(C(N)=O)CCC(n2cnc(I)c2I)C1. The second kappa shape index (κ2) is 5.61. The fourth-order valence-electron chi connectivity index (χ4n) is 2.64. The third kappa shape index (κ3) is 2.53. The number of aromatic nitrogens is 2. The van der Waals surface area contributed by atoms with Gasteiger partial charge in [0.25, 0.3) is 0 Å². The molecule has 2 atom stereocenters. The Morgan fingerprint density at radius 2 is 2.44 bits per heavy atom. The molecule has 1 aliphatic carbocycles. The highest BCUT2D eigenvalue weighted by molar-refractivity contribution is 14.1. The van der Waals surface area contributed by atoms with Gasteiger partial charge in [0.15, 0.2) is 0 Å². The number of amides is 1. The summed E-state index contributed by atoms with van der Waals surface area (Å²) in [5, 5.41) is 3.27. The van der Waals surface area contributed by atoms with Gasteiger partial charge in [0.05, 0.1) is 11.9 Å². The molecule has 100 valence electrons. The van der Waals surface area contributed by atoms with Crippen molar-refractivity contribution in [2.75, 3.05) is 6.54 Å². The largest absolute Gasteiger partial charge is 0.368 e. The first-order valence-electron chi connectivity index (χ1n) is 5.93. The van der Waals surface area contributed by atoms with Gasteiger partial charge in [-0.25, -0.2) is 4.98 Å². The van der Waals surface area contributed by atoms with Crippen LogP contribution >= 0.6 is 45.2 Å². The third-order valence-corrected chi connectivity index (χ3v) is 6.45. The molecule has 3 N–H and O–H groups in total. The zero-order valence-electron chi connectivity index (χ0n) is 10.1. The Kier molecular flexibility index (Phi) is 4.52. The van der Waals surface area contributed by atoms with E-state index in [1.54, 1.807) is 0 Å². The molecule has 0 spiro atoms. The number of nitrogens with zero attached hydrogens (tertiary/aromatic N) is 2. The van der Waals surface area contributed by atoms with Gasteiger partial charge in [0, 0.05) is 6.04 Å². The molecule has 0 aliphatic heterocycles. The van der Waals surface area contributed by atoms with Gasteiger partial charge < -0.3 is 15.6 Å². The van der Waals surface area contributed by atoms with Crippen molar-refractivity contribution in [2.45, 2.75) is 37.8 Å². The number of hydrogen-bond donors (Lipinski definition) is 2. The van der Waals surface area contributed by atoms with Crippen LogP contribution in [-0.4, -0.2) is 27.5 Å². The summed E-state index contributed by atoms with van der Waals surface area (Å²) in [6.07, 6.45) is 4.36. The molecule has 1 fully saturated rings. The molecule has 0 aromatic carbocycles. The molecule has 1 amide bonds. The maximum Gasteiger partial charge on any atom is 0.237 e. The van der Waals surface area contributed by atoms with Crippen molar-refractivity contribution in [3.8, 4) is 0 Å². The van der Waals surface area contributed by atoms with Gasteiger partial charge in [-0.15, -0.1) is 0 Å². The first-order chi connectivity index (χ1) is 8.50. The topological polar surface area (TPSA) is 72.9 Å². The number of halogens is 2. The predicted octanol–water partition coefficient (Wildman–Crippen LogP) is 1.65. The molecule has 1 saturated carbocycles. The second-order valence-corrected chi connectivity index (χ2v) is 6.65.